The second kappa shape index (κ2) is 9.27. The molecule has 3 aromatic carbocycles. The molecule has 1 aromatic heterocycles. The van der Waals surface area contributed by atoms with Crippen molar-refractivity contribution >= 4 is 22.7 Å². The number of nitrogens with zero attached hydrogens (tertiary/aromatic N) is 1. The molecule has 0 atom stereocenters. The van der Waals surface area contributed by atoms with Crippen LogP contribution in [0.4, 0.5) is 5.69 Å². The number of aromatic nitrogens is 1. The SMILES string of the molecule is CC(C)Oc1cccc(C(=O)Nc2ccc(Cc3nc4cc(C(C)C)ccc4o3)cc2)c1. The first-order valence-corrected chi connectivity index (χ1v) is 10.9. The largest absolute Gasteiger partial charge is 0.491 e. The normalized spacial score (nSPS) is 11.3. The molecule has 1 N–H and O–H groups in total. The quantitative estimate of drug-likeness (QED) is 0.361. The van der Waals surface area contributed by atoms with Crippen molar-refractivity contribution in [2.45, 2.75) is 46.1 Å². The zero-order valence-corrected chi connectivity index (χ0v) is 18.9. The van der Waals surface area contributed by atoms with Gasteiger partial charge in [-0.1, -0.05) is 38.1 Å². The molecule has 0 unspecified atom stereocenters. The number of oxazole rings is 1. The minimum absolute atomic E-state index is 0.0550. The third-order valence-corrected chi connectivity index (χ3v) is 5.16. The molecule has 0 saturated heterocycles. The van der Waals surface area contributed by atoms with E-state index in [-0.39, 0.29) is 12.0 Å². The van der Waals surface area contributed by atoms with E-state index in [4.69, 9.17) is 9.15 Å². The van der Waals surface area contributed by atoms with Crippen LogP contribution < -0.4 is 10.1 Å². The summed E-state index contributed by atoms with van der Waals surface area (Å²) in [6, 6.07) is 21.1. The van der Waals surface area contributed by atoms with Crippen LogP contribution in [0, 0.1) is 0 Å². The Morgan fingerprint density at radius 3 is 2.50 bits per heavy atom. The first-order valence-electron chi connectivity index (χ1n) is 10.9. The lowest BCUT2D eigenvalue weighted by Crippen LogP contribution is -2.12. The molecule has 32 heavy (non-hydrogen) atoms. The predicted octanol–water partition coefficient (Wildman–Crippen LogP) is 6.58. The van der Waals surface area contributed by atoms with Crippen molar-refractivity contribution in [3.63, 3.8) is 0 Å². The number of carbonyl (C=O) groups excluding carboxylic acids is 1. The highest BCUT2D eigenvalue weighted by Crippen LogP contribution is 2.23. The summed E-state index contributed by atoms with van der Waals surface area (Å²) in [7, 11) is 0. The number of hydrogen-bond acceptors (Lipinski definition) is 4. The zero-order chi connectivity index (χ0) is 22.7. The van der Waals surface area contributed by atoms with Gasteiger partial charge in [0.05, 0.1) is 6.10 Å². The van der Waals surface area contributed by atoms with Gasteiger partial charge < -0.3 is 14.5 Å². The molecule has 0 bridgehead atoms. The Labute approximate surface area is 188 Å². The van der Waals surface area contributed by atoms with Gasteiger partial charge in [-0.05, 0) is 73.4 Å². The van der Waals surface area contributed by atoms with Crippen molar-refractivity contribution in [1.29, 1.82) is 0 Å². The number of rotatable bonds is 7. The molecular weight excluding hydrogens is 400 g/mol. The molecule has 1 heterocycles. The van der Waals surface area contributed by atoms with Crippen LogP contribution >= 0.6 is 0 Å². The van der Waals surface area contributed by atoms with E-state index in [9.17, 15) is 4.79 Å². The fourth-order valence-electron chi connectivity index (χ4n) is 3.49. The van der Waals surface area contributed by atoms with Gasteiger partial charge >= 0.3 is 0 Å². The average Bonchev–Trinajstić information content (AvgIpc) is 3.16. The van der Waals surface area contributed by atoms with Gasteiger partial charge in [0.2, 0.25) is 0 Å². The Hall–Kier alpha value is -3.60. The van der Waals surface area contributed by atoms with Crippen LogP contribution in [0.15, 0.2) is 71.1 Å². The Morgan fingerprint density at radius 2 is 1.78 bits per heavy atom. The van der Waals surface area contributed by atoms with E-state index in [1.807, 2.05) is 56.3 Å². The van der Waals surface area contributed by atoms with Gasteiger partial charge in [-0.25, -0.2) is 4.98 Å². The highest BCUT2D eigenvalue weighted by molar-refractivity contribution is 6.04. The molecule has 5 nitrogen and oxygen atoms in total. The lowest BCUT2D eigenvalue weighted by atomic mass is 10.0. The second-order valence-electron chi connectivity index (χ2n) is 8.51. The minimum Gasteiger partial charge on any atom is -0.491 e. The maximum Gasteiger partial charge on any atom is 0.255 e. The van der Waals surface area contributed by atoms with Gasteiger partial charge in [0.1, 0.15) is 11.3 Å². The third kappa shape index (κ3) is 5.17. The molecule has 0 aliphatic carbocycles. The van der Waals surface area contributed by atoms with Crippen molar-refractivity contribution < 1.29 is 13.9 Å². The maximum absolute atomic E-state index is 12.6. The second-order valence-corrected chi connectivity index (χ2v) is 8.51. The number of anilines is 1. The molecule has 5 heteroatoms. The molecule has 0 spiro atoms. The van der Waals surface area contributed by atoms with Crippen LogP contribution in [0.25, 0.3) is 11.1 Å². The molecule has 4 aromatic rings. The molecule has 0 aliphatic heterocycles. The van der Waals surface area contributed by atoms with E-state index in [0.29, 0.717) is 29.5 Å². The standard InChI is InChI=1S/C27H28N2O3/c1-17(2)20-10-13-25-24(16-20)29-26(32-25)14-19-8-11-22(12-9-19)28-27(30)21-6-5-7-23(15-21)31-18(3)4/h5-13,15-18H,14H2,1-4H3,(H,28,30). The fraction of sp³-hybridized carbons (Fsp3) is 0.259. The lowest BCUT2D eigenvalue weighted by molar-refractivity contribution is 0.102. The molecule has 0 aliphatic rings. The molecule has 0 fully saturated rings. The summed E-state index contributed by atoms with van der Waals surface area (Å²) in [5, 5.41) is 2.93. The van der Waals surface area contributed by atoms with Gasteiger partial charge in [-0.15, -0.1) is 0 Å². The van der Waals surface area contributed by atoms with Gasteiger partial charge in [0, 0.05) is 17.7 Å². The summed E-state index contributed by atoms with van der Waals surface area (Å²) in [6.45, 7) is 8.24. The average molecular weight is 429 g/mol. The van der Waals surface area contributed by atoms with Gasteiger partial charge in [-0.2, -0.15) is 0 Å². The number of carbonyl (C=O) groups is 1. The smallest absolute Gasteiger partial charge is 0.255 e. The maximum atomic E-state index is 12.6. The summed E-state index contributed by atoms with van der Waals surface area (Å²) >= 11 is 0. The highest BCUT2D eigenvalue weighted by Gasteiger charge is 2.11. The number of ether oxygens (including phenoxy) is 1. The zero-order valence-electron chi connectivity index (χ0n) is 18.9. The van der Waals surface area contributed by atoms with Crippen LogP contribution in [-0.2, 0) is 6.42 Å². The fourth-order valence-corrected chi connectivity index (χ4v) is 3.49. The Bertz CT molecular complexity index is 1220. The third-order valence-electron chi connectivity index (χ3n) is 5.16. The summed E-state index contributed by atoms with van der Waals surface area (Å²) < 4.78 is 11.6. The Morgan fingerprint density at radius 1 is 1.00 bits per heavy atom. The van der Waals surface area contributed by atoms with Crippen molar-refractivity contribution in [3.05, 3.63) is 89.3 Å². The van der Waals surface area contributed by atoms with Crippen molar-refractivity contribution in [2.24, 2.45) is 0 Å². The van der Waals surface area contributed by atoms with E-state index in [1.165, 1.54) is 5.56 Å². The van der Waals surface area contributed by atoms with Crippen LogP contribution in [0.1, 0.15) is 61.0 Å². The Balaban J connectivity index is 1.42. The number of hydrogen-bond donors (Lipinski definition) is 1. The molecule has 164 valence electrons. The Kier molecular flexibility index (Phi) is 6.26. The van der Waals surface area contributed by atoms with Crippen LogP contribution in [0.2, 0.25) is 0 Å². The van der Waals surface area contributed by atoms with Crippen molar-refractivity contribution in [1.82, 2.24) is 4.98 Å². The number of nitrogens with one attached hydrogen (secondary N) is 1. The van der Waals surface area contributed by atoms with Gasteiger partial charge in [0.15, 0.2) is 11.5 Å². The van der Waals surface area contributed by atoms with Gasteiger partial charge in [-0.3, -0.25) is 4.79 Å². The summed E-state index contributed by atoms with van der Waals surface area (Å²) in [5.74, 6) is 1.64. The first-order chi connectivity index (χ1) is 15.4. The van der Waals surface area contributed by atoms with Crippen molar-refractivity contribution in [3.8, 4) is 5.75 Å². The molecule has 4 rings (SSSR count). The first kappa shape index (κ1) is 21.6. The van der Waals surface area contributed by atoms with Crippen LogP contribution in [0.3, 0.4) is 0 Å². The van der Waals surface area contributed by atoms with Gasteiger partial charge in [0.25, 0.3) is 5.91 Å². The highest BCUT2D eigenvalue weighted by atomic mass is 16.5. The van der Waals surface area contributed by atoms with E-state index in [2.05, 4.69) is 36.3 Å². The van der Waals surface area contributed by atoms with Crippen molar-refractivity contribution in [2.75, 3.05) is 5.32 Å². The van der Waals surface area contributed by atoms with E-state index < -0.39 is 0 Å². The molecule has 1 amide bonds. The number of amides is 1. The topological polar surface area (TPSA) is 64.4 Å². The number of fused-ring (bicyclic) bond motifs is 1. The van der Waals surface area contributed by atoms with E-state index in [0.717, 1.165) is 22.4 Å². The summed E-state index contributed by atoms with van der Waals surface area (Å²) in [5.41, 5.74) is 5.29. The summed E-state index contributed by atoms with van der Waals surface area (Å²) in [6.07, 6.45) is 0.647. The number of benzene rings is 3. The predicted molar refractivity (Wildman–Crippen MR) is 128 cm³/mol. The van der Waals surface area contributed by atoms with Crippen LogP contribution in [0.5, 0.6) is 5.75 Å². The molecule has 0 radical (unpaired) electrons. The monoisotopic (exact) mass is 428 g/mol. The minimum atomic E-state index is -0.174. The summed E-state index contributed by atoms with van der Waals surface area (Å²) in [4.78, 5) is 17.3. The van der Waals surface area contributed by atoms with E-state index >= 15 is 0 Å². The lowest BCUT2D eigenvalue weighted by Gasteiger charge is -2.11. The molecule has 0 saturated carbocycles. The molecular formula is C27H28N2O3. The van der Waals surface area contributed by atoms with E-state index in [1.54, 1.807) is 12.1 Å². The van der Waals surface area contributed by atoms with Crippen LogP contribution in [-0.4, -0.2) is 17.0 Å².